The molecule has 2 saturated heterocycles. The Labute approximate surface area is 177 Å². The van der Waals surface area contributed by atoms with Gasteiger partial charge in [-0.15, -0.1) is 0 Å². The van der Waals surface area contributed by atoms with Crippen molar-refractivity contribution in [2.24, 2.45) is 5.92 Å². The lowest BCUT2D eigenvalue weighted by atomic mass is 9.94. The Morgan fingerprint density at radius 2 is 1.86 bits per heavy atom. The van der Waals surface area contributed by atoms with E-state index in [4.69, 9.17) is 9.84 Å². The first-order valence-electron chi connectivity index (χ1n) is 12.3. The van der Waals surface area contributed by atoms with Gasteiger partial charge >= 0.3 is 0 Å². The van der Waals surface area contributed by atoms with Gasteiger partial charge in [-0.2, -0.15) is 5.10 Å². The molecule has 1 aromatic rings. The highest BCUT2D eigenvalue weighted by atomic mass is 16.5. The van der Waals surface area contributed by atoms with Crippen LogP contribution in [0.4, 0.5) is 0 Å². The van der Waals surface area contributed by atoms with Gasteiger partial charge in [0.25, 0.3) is 0 Å². The summed E-state index contributed by atoms with van der Waals surface area (Å²) in [6.45, 7) is 12.3. The molecule has 4 rings (SSSR count). The van der Waals surface area contributed by atoms with Crippen LogP contribution >= 0.6 is 0 Å². The van der Waals surface area contributed by atoms with E-state index >= 15 is 0 Å². The molecule has 3 heterocycles. The SMILES string of the molecule is CCCn1cc(CN(CC2CCN(C3CCCC3)CC2)C[C@@H]2CCCO2)c(C)n1. The summed E-state index contributed by atoms with van der Waals surface area (Å²) in [5.41, 5.74) is 2.60. The van der Waals surface area contributed by atoms with E-state index in [0.29, 0.717) is 6.10 Å². The van der Waals surface area contributed by atoms with E-state index in [2.05, 4.69) is 34.5 Å². The Morgan fingerprint density at radius 3 is 2.55 bits per heavy atom. The van der Waals surface area contributed by atoms with Crippen molar-refractivity contribution in [3.05, 3.63) is 17.5 Å². The third kappa shape index (κ3) is 5.83. The number of rotatable bonds is 9. The number of hydrogen-bond donors (Lipinski definition) is 0. The van der Waals surface area contributed by atoms with E-state index in [-0.39, 0.29) is 0 Å². The highest BCUT2D eigenvalue weighted by Gasteiger charge is 2.29. The zero-order chi connectivity index (χ0) is 20.1. The average molecular weight is 403 g/mol. The Hall–Kier alpha value is -0.910. The first-order valence-corrected chi connectivity index (χ1v) is 12.3. The molecule has 164 valence electrons. The lowest BCUT2D eigenvalue weighted by Crippen LogP contribution is -2.43. The van der Waals surface area contributed by atoms with Crippen LogP contribution in [0.2, 0.25) is 0 Å². The molecule has 0 amide bonds. The lowest BCUT2D eigenvalue weighted by Gasteiger charge is -2.38. The van der Waals surface area contributed by atoms with Crippen molar-refractivity contribution in [3.63, 3.8) is 0 Å². The second-order valence-corrected chi connectivity index (χ2v) is 9.75. The van der Waals surface area contributed by atoms with Crippen molar-refractivity contribution >= 4 is 0 Å². The Morgan fingerprint density at radius 1 is 1.07 bits per heavy atom. The van der Waals surface area contributed by atoms with Crippen LogP contribution in [0.5, 0.6) is 0 Å². The van der Waals surface area contributed by atoms with Crippen LogP contribution < -0.4 is 0 Å². The Kier molecular flexibility index (Phi) is 7.65. The van der Waals surface area contributed by atoms with Crippen LogP contribution in [-0.2, 0) is 17.8 Å². The van der Waals surface area contributed by atoms with Gasteiger partial charge in [0.15, 0.2) is 0 Å². The lowest BCUT2D eigenvalue weighted by molar-refractivity contribution is 0.0539. The van der Waals surface area contributed by atoms with Crippen LogP contribution in [0.25, 0.3) is 0 Å². The van der Waals surface area contributed by atoms with Crippen molar-refractivity contribution in [1.29, 1.82) is 0 Å². The van der Waals surface area contributed by atoms with Crippen LogP contribution in [-0.4, -0.2) is 64.5 Å². The van der Waals surface area contributed by atoms with Gasteiger partial charge in [-0.3, -0.25) is 9.58 Å². The number of likely N-dealkylation sites (tertiary alicyclic amines) is 1. The maximum Gasteiger partial charge on any atom is 0.0702 e. The minimum Gasteiger partial charge on any atom is -0.377 e. The number of ether oxygens (including phenoxy) is 1. The third-order valence-electron chi connectivity index (χ3n) is 7.39. The molecule has 3 fully saturated rings. The summed E-state index contributed by atoms with van der Waals surface area (Å²) in [5, 5.41) is 4.74. The quantitative estimate of drug-likeness (QED) is 0.619. The van der Waals surface area contributed by atoms with Gasteiger partial charge in [-0.1, -0.05) is 19.8 Å². The summed E-state index contributed by atoms with van der Waals surface area (Å²) in [4.78, 5) is 5.49. The smallest absolute Gasteiger partial charge is 0.0702 e. The monoisotopic (exact) mass is 402 g/mol. The molecule has 1 saturated carbocycles. The molecule has 0 bridgehead atoms. The van der Waals surface area contributed by atoms with Gasteiger partial charge in [-0.05, 0) is 70.9 Å². The molecule has 1 aliphatic carbocycles. The van der Waals surface area contributed by atoms with Crippen LogP contribution in [0.15, 0.2) is 6.20 Å². The minimum atomic E-state index is 0.430. The summed E-state index contributed by atoms with van der Waals surface area (Å²) >= 11 is 0. The van der Waals surface area contributed by atoms with Gasteiger partial charge in [0.2, 0.25) is 0 Å². The van der Waals surface area contributed by atoms with Gasteiger partial charge in [-0.25, -0.2) is 0 Å². The fraction of sp³-hybridized carbons (Fsp3) is 0.875. The van der Waals surface area contributed by atoms with E-state index in [9.17, 15) is 0 Å². The topological polar surface area (TPSA) is 33.5 Å². The Balaban J connectivity index is 1.34. The van der Waals surface area contributed by atoms with E-state index in [1.54, 1.807) is 0 Å². The molecule has 1 atom stereocenters. The van der Waals surface area contributed by atoms with Gasteiger partial charge < -0.3 is 9.64 Å². The zero-order valence-corrected chi connectivity index (χ0v) is 18.8. The molecule has 5 heteroatoms. The first kappa shape index (κ1) is 21.3. The van der Waals surface area contributed by atoms with Gasteiger partial charge in [0, 0.05) is 50.6 Å². The summed E-state index contributed by atoms with van der Waals surface area (Å²) in [7, 11) is 0. The van der Waals surface area contributed by atoms with Gasteiger partial charge in [0.05, 0.1) is 11.8 Å². The molecular weight excluding hydrogens is 360 g/mol. The van der Waals surface area contributed by atoms with Crippen LogP contribution in [0, 0.1) is 12.8 Å². The molecule has 0 spiro atoms. The maximum absolute atomic E-state index is 6.00. The molecule has 0 unspecified atom stereocenters. The summed E-state index contributed by atoms with van der Waals surface area (Å²) in [6.07, 6.45) is 14.8. The molecule has 29 heavy (non-hydrogen) atoms. The number of nitrogens with zero attached hydrogens (tertiary/aromatic N) is 4. The molecular formula is C24H42N4O. The second-order valence-electron chi connectivity index (χ2n) is 9.75. The summed E-state index contributed by atoms with van der Waals surface area (Å²) in [6, 6.07) is 0.894. The van der Waals surface area contributed by atoms with Crippen molar-refractivity contribution in [3.8, 4) is 0 Å². The molecule has 2 aliphatic heterocycles. The van der Waals surface area contributed by atoms with Gasteiger partial charge in [0.1, 0.15) is 0 Å². The van der Waals surface area contributed by atoms with Crippen molar-refractivity contribution in [2.45, 2.75) is 96.9 Å². The second kappa shape index (κ2) is 10.4. The number of piperidine rings is 1. The first-order chi connectivity index (χ1) is 14.2. The molecule has 5 nitrogen and oxygen atoms in total. The van der Waals surface area contributed by atoms with Crippen molar-refractivity contribution < 1.29 is 4.74 Å². The normalized spacial score (nSPS) is 24.9. The van der Waals surface area contributed by atoms with Crippen LogP contribution in [0.1, 0.15) is 76.0 Å². The van der Waals surface area contributed by atoms with E-state index in [1.807, 2.05) is 0 Å². The molecule has 1 aromatic heterocycles. The van der Waals surface area contributed by atoms with E-state index in [1.165, 1.54) is 82.3 Å². The Bertz CT molecular complexity index is 610. The van der Waals surface area contributed by atoms with E-state index in [0.717, 1.165) is 44.6 Å². The third-order valence-corrected chi connectivity index (χ3v) is 7.39. The largest absolute Gasteiger partial charge is 0.377 e. The minimum absolute atomic E-state index is 0.430. The fourth-order valence-corrected chi connectivity index (χ4v) is 5.71. The number of aryl methyl sites for hydroxylation is 2. The number of aromatic nitrogens is 2. The molecule has 0 N–H and O–H groups in total. The average Bonchev–Trinajstić information content (AvgIpc) is 3.47. The molecule has 0 aromatic carbocycles. The summed E-state index contributed by atoms with van der Waals surface area (Å²) in [5.74, 6) is 0.833. The highest BCUT2D eigenvalue weighted by Crippen LogP contribution is 2.29. The van der Waals surface area contributed by atoms with Crippen molar-refractivity contribution in [1.82, 2.24) is 19.6 Å². The van der Waals surface area contributed by atoms with Crippen molar-refractivity contribution in [2.75, 3.05) is 32.8 Å². The molecule has 0 radical (unpaired) electrons. The molecule has 3 aliphatic rings. The zero-order valence-electron chi connectivity index (χ0n) is 18.8. The maximum atomic E-state index is 6.00. The van der Waals surface area contributed by atoms with Crippen LogP contribution in [0.3, 0.4) is 0 Å². The predicted octanol–water partition coefficient (Wildman–Crippen LogP) is 4.24. The summed E-state index contributed by atoms with van der Waals surface area (Å²) < 4.78 is 8.13. The predicted molar refractivity (Wildman–Crippen MR) is 118 cm³/mol. The highest BCUT2D eigenvalue weighted by molar-refractivity contribution is 5.15. The standard InChI is InChI=1S/C24H42N4O/c1-3-12-28-18-22(20(2)25-28)17-26(19-24-9-6-15-29-24)16-21-10-13-27(14-11-21)23-7-4-5-8-23/h18,21,23-24H,3-17,19H2,1-2H3/t24-/m0/s1. The fourth-order valence-electron chi connectivity index (χ4n) is 5.71. The van der Waals surface area contributed by atoms with E-state index < -0.39 is 0 Å². The number of hydrogen-bond acceptors (Lipinski definition) is 4.